The number of hydrogen-bond donors (Lipinski definition) is 2. The first-order valence-corrected chi connectivity index (χ1v) is 5.77. The third kappa shape index (κ3) is 3.23. The maximum absolute atomic E-state index is 8.85. The molecule has 1 aromatic heterocycles. The van der Waals surface area contributed by atoms with E-state index in [9.17, 15) is 0 Å². The second-order valence-electron chi connectivity index (χ2n) is 5.48. The average molecular weight is 225 g/mol. The van der Waals surface area contributed by atoms with Crippen LogP contribution in [0.2, 0.25) is 0 Å². The largest absolute Gasteiger partial charge is 0.394 e. The molecule has 0 aliphatic heterocycles. The highest BCUT2D eigenvalue weighted by atomic mass is 16.3. The molecule has 1 unspecified atom stereocenters. The van der Waals surface area contributed by atoms with Gasteiger partial charge in [0, 0.05) is 6.07 Å². The number of aromatic nitrogens is 2. The van der Waals surface area contributed by atoms with Crippen molar-refractivity contribution in [1.82, 2.24) is 9.78 Å². The Morgan fingerprint density at radius 1 is 1.50 bits per heavy atom. The Balaban J connectivity index is 2.71. The van der Waals surface area contributed by atoms with Gasteiger partial charge in [-0.3, -0.25) is 0 Å². The standard InChI is InChI=1S/C12H23N3O/c1-9(12(2,3)4)7-10-8-11(13)15(14-10)5-6-16/h8-9,16H,5-7,13H2,1-4H3. The van der Waals surface area contributed by atoms with Gasteiger partial charge in [-0.05, 0) is 17.8 Å². The lowest BCUT2D eigenvalue weighted by Gasteiger charge is -2.26. The van der Waals surface area contributed by atoms with Crippen molar-refractivity contribution in [3.05, 3.63) is 11.8 Å². The maximum atomic E-state index is 8.85. The highest BCUT2D eigenvalue weighted by Crippen LogP contribution is 2.28. The Morgan fingerprint density at radius 2 is 2.12 bits per heavy atom. The van der Waals surface area contributed by atoms with E-state index >= 15 is 0 Å². The van der Waals surface area contributed by atoms with Gasteiger partial charge in [-0.25, -0.2) is 4.68 Å². The van der Waals surface area contributed by atoms with Gasteiger partial charge >= 0.3 is 0 Å². The predicted octanol–water partition coefficient (Wildman–Crippen LogP) is 1.68. The van der Waals surface area contributed by atoms with Gasteiger partial charge in [0.2, 0.25) is 0 Å². The van der Waals surface area contributed by atoms with Crippen LogP contribution in [-0.4, -0.2) is 21.5 Å². The van der Waals surface area contributed by atoms with Crippen LogP contribution in [0.5, 0.6) is 0 Å². The number of nitrogen functional groups attached to an aromatic ring is 1. The van der Waals surface area contributed by atoms with Crippen LogP contribution >= 0.6 is 0 Å². The Kier molecular flexibility index (Phi) is 3.97. The predicted molar refractivity (Wildman–Crippen MR) is 66.0 cm³/mol. The summed E-state index contributed by atoms with van der Waals surface area (Å²) >= 11 is 0. The molecule has 1 aromatic rings. The van der Waals surface area contributed by atoms with Gasteiger partial charge in [0.1, 0.15) is 5.82 Å². The SMILES string of the molecule is CC(Cc1cc(N)n(CCO)n1)C(C)(C)C. The summed E-state index contributed by atoms with van der Waals surface area (Å²) in [6, 6.07) is 1.90. The van der Waals surface area contributed by atoms with Crippen LogP contribution in [-0.2, 0) is 13.0 Å². The van der Waals surface area contributed by atoms with E-state index in [1.165, 1.54) is 0 Å². The summed E-state index contributed by atoms with van der Waals surface area (Å²) in [7, 11) is 0. The van der Waals surface area contributed by atoms with Crippen LogP contribution < -0.4 is 5.73 Å². The molecule has 1 heterocycles. The van der Waals surface area contributed by atoms with Gasteiger partial charge in [-0.1, -0.05) is 27.7 Å². The normalized spacial score (nSPS) is 14.1. The first-order valence-electron chi connectivity index (χ1n) is 5.77. The first kappa shape index (κ1) is 13.0. The molecule has 0 aromatic carbocycles. The lowest BCUT2D eigenvalue weighted by Crippen LogP contribution is -2.19. The van der Waals surface area contributed by atoms with Crippen molar-refractivity contribution < 1.29 is 5.11 Å². The van der Waals surface area contributed by atoms with E-state index in [0.717, 1.165) is 12.1 Å². The van der Waals surface area contributed by atoms with Crippen molar-refractivity contribution in [1.29, 1.82) is 0 Å². The van der Waals surface area contributed by atoms with Crippen LogP contribution in [0.1, 0.15) is 33.4 Å². The van der Waals surface area contributed by atoms with Crippen molar-refractivity contribution in [2.75, 3.05) is 12.3 Å². The molecule has 0 aliphatic carbocycles. The summed E-state index contributed by atoms with van der Waals surface area (Å²) in [4.78, 5) is 0. The smallest absolute Gasteiger partial charge is 0.122 e. The second kappa shape index (κ2) is 4.87. The first-order chi connectivity index (χ1) is 7.34. The molecule has 0 fully saturated rings. The number of nitrogens with two attached hydrogens (primary N) is 1. The minimum absolute atomic E-state index is 0.0696. The van der Waals surface area contributed by atoms with Crippen molar-refractivity contribution in [3.63, 3.8) is 0 Å². The van der Waals surface area contributed by atoms with Crippen LogP contribution in [0.3, 0.4) is 0 Å². The topological polar surface area (TPSA) is 64.1 Å². The number of rotatable bonds is 4. The molecule has 0 saturated heterocycles. The molecular formula is C12H23N3O. The third-order valence-electron chi connectivity index (χ3n) is 3.17. The fourth-order valence-corrected chi connectivity index (χ4v) is 1.48. The summed E-state index contributed by atoms with van der Waals surface area (Å²) < 4.78 is 1.66. The van der Waals surface area contributed by atoms with Crippen molar-refractivity contribution in [2.45, 2.75) is 40.7 Å². The number of aliphatic hydroxyl groups is 1. The second-order valence-corrected chi connectivity index (χ2v) is 5.48. The maximum Gasteiger partial charge on any atom is 0.122 e. The van der Waals surface area contributed by atoms with Gasteiger partial charge in [-0.15, -0.1) is 0 Å². The zero-order chi connectivity index (χ0) is 12.3. The molecule has 16 heavy (non-hydrogen) atoms. The van der Waals surface area contributed by atoms with Crippen molar-refractivity contribution >= 4 is 5.82 Å². The molecule has 92 valence electrons. The van der Waals surface area contributed by atoms with Crippen molar-refractivity contribution in [2.24, 2.45) is 11.3 Å². The lowest BCUT2D eigenvalue weighted by molar-refractivity contribution is 0.255. The molecule has 1 atom stereocenters. The van der Waals surface area contributed by atoms with Crippen LogP contribution in [0, 0.1) is 11.3 Å². The van der Waals surface area contributed by atoms with E-state index in [1.54, 1.807) is 4.68 Å². The molecule has 3 N–H and O–H groups in total. The molecule has 0 radical (unpaired) electrons. The molecular weight excluding hydrogens is 202 g/mol. The Morgan fingerprint density at radius 3 is 2.62 bits per heavy atom. The van der Waals surface area contributed by atoms with E-state index in [-0.39, 0.29) is 12.0 Å². The minimum Gasteiger partial charge on any atom is -0.394 e. The summed E-state index contributed by atoms with van der Waals surface area (Å²) in [6.07, 6.45) is 0.923. The number of aliphatic hydroxyl groups excluding tert-OH is 1. The molecule has 0 amide bonds. The van der Waals surface area contributed by atoms with Gasteiger partial charge in [0.15, 0.2) is 0 Å². The Hall–Kier alpha value is -1.03. The van der Waals surface area contributed by atoms with E-state index < -0.39 is 0 Å². The van der Waals surface area contributed by atoms with Gasteiger partial charge in [-0.2, -0.15) is 5.10 Å². The van der Waals surface area contributed by atoms with Crippen LogP contribution in [0.15, 0.2) is 6.07 Å². The molecule has 1 rings (SSSR count). The van der Waals surface area contributed by atoms with Gasteiger partial charge in [0.05, 0.1) is 18.8 Å². The summed E-state index contributed by atoms with van der Waals surface area (Å²) in [5.41, 5.74) is 7.08. The van der Waals surface area contributed by atoms with Crippen LogP contribution in [0.25, 0.3) is 0 Å². The number of nitrogens with zero attached hydrogens (tertiary/aromatic N) is 2. The molecule has 4 nitrogen and oxygen atoms in total. The van der Waals surface area contributed by atoms with Crippen LogP contribution in [0.4, 0.5) is 5.82 Å². The molecule has 0 aliphatic rings. The third-order valence-corrected chi connectivity index (χ3v) is 3.17. The average Bonchev–Trinajstić information content (AvgIpc) is 2.46. The van der Waals surface area contributed by atoms with E-state index in [2.05, 4.69) is 32.8 Å². The molecule has 0 spiro atoms. The monoisotopic (exact) mass is 225 g/mol. The minimum atomic E-state index is 0.0696. The van der Waals surface area contributed by atoms with Gasteiger partial charge in [0.25, 0.3) is 0 Å². The molecule has 0 bridgehead atoms. The lowest BCUT2D eigenvalue weighted by atomic mass is 9.79. The van der Waals surface area contributed by atoms with E-state index in [1.807, 2.05) is 6.07 Å². The molecule has 4 heteroatoms. The highest BCUT2D eigenvalue weighted by molar-refractivity contribution is 5.31. The summed E-state index contributed by atoms with van der Waals surface area (Å²) in [5.74, 6) is 1.18. The van der Waals surface area contributed by atoms with Gasteiger partial charge < -0.3 is 10.8 Å². The number of hydrogen-bond acceptors (Lipinski definition) is 3. The Bertz CT molecular complexity index is 339. The molecule has 0 saturated carbocycles. The highest BCUT2D eigenvalue weighted by Gasteiger charge is 2.21. The fraction of sp³-hybridized carbons (Fsp3) is 0.750. The Labute approximate surface area is 97.5 Å². The van der Waals surface area contributed by atoms with Crippen molar-refractivity contribution in [3.8, 4) is 0 Å². The zero-order valence-corrected chi connectivity index (χ0v) is 10.7. The van der Waals surface area contributed by atoms with E-state index in [0.29, 0.717) is 18.3 Å². The number of anilines is 1. The fourth-order valence-electron chi connectivity index (χ4n) is 1.48. The zero-order valence-electron chi connectivity index (χ0n) is 10.7. The van der Waals surface area contributed by atoms with E-state index in [4.69, 9.17) is 10.8 Å². The quantitative estimate of drug-likeness (QED) is 0.819. The summed E-state index contributed by atoms with van der Waals surface area (Å²) in [5, 5.41) is 13.2. The summed E-state index contributed by atoms with van der Waals surface area (Å²) in [6.45, 7) is 9.44.